The van der Waals surface area contributed by atoms with Crippen LogP contribution in [0.4, 0.5) is 0 Å². The van der Waals surface area contributed by atoms with Gasteiger partial charge in [-0.25, -0.2) is 0 Å². The first-order valence-corrected chi connectivity index (χ1v) is 7.56. The summed E-state index contributed by atoms with van der Waals surface area (Å²) in [6.07, 6.45) is 0.691. The number of hydrogen-bond acceptors (Lipinski definition) is 3. The lowest BCUT2D eigenvalue weighted by Gasteiger charge is -2.20. The molecule has 0 aliphatic heterocycles. The van der Waals surface area contributed by atoms with Gasteiger partial charge < -0.3 is 15.8 Å². The Morgan fingerprint density at radius 3 is 2.33 bits per heavy atom. The Kier molecular flexibility index (Phi) is 6.69. The molecule has 1 amide bonds. The van der Waals surface area contributed by atoms with Crippen molar-refractivity contribution in [2.45, 2.75) is 53.1 Å². The summed E-state index contributed by atoms with van der Waals surface area (Å²) in [5, 5.41) is 2.91. The molecule has 0 radical (unpaired) electrons. The smallest absolute Gasteiger partial charge is 0.237 e. The van der Waals surface area contributed by atoms with Crippen molar-refractivity contribution in [3.05, 3.63) is 29.3 Å². The first-order chi connectivity index (χ1) is 9.81. The molecule has 2 atom stereocenters. The van der Waals surface area contributed by atoms with Crippen LogP contribution in [0.1, 0.15) is 38.3 Å². The van der Waals surface area contributed by atoms with Crippen LogP contribution in [0.5, 0.6) is 5.75 Å². The molecular formula is C17H28N2O2. The predicted octanol–water partition coefficient (Wildman–Crippen LogP) is 2.56. The van der Waals surface area contributed by atoms with Crippen LogP contribution in [-0.4, -0.2) is 24.6 Å². The predicted molar refractivity (Wildman–Crippen MR) is 86.4 cm³/mol. The summed E-state index contributed by atoms with van der Waals surface area (Å²) < 4.78 is 5.84. The molecular weight excluding hydrogens is 264 g/mol. The lowest BCUT2D eigenvalue weighted by Crippen LogP contribution is -2.46. The second-order valence-electron chi connectivity index (χ2n) is 6.18. The van der Waals surface area contributed by atoms with Gasteiger partial charge in [-0.3, -0.25) is 4.79 Å². The maximum absolute atomic E-state index is 11.9. The van der Waals surface area contributed by atoms with Crippen molar-refractivity contribution in [3.8, 4) is 5.75 Å². The third-order valence-electron chi connectivity index (χ3n) is 3.34. The minimum absolute atomic E-state index is 0.0743. The summed E-state index contributed by atoms with van der Waals surface area (Å²) in [4.78, 5) is 11.9. The van der Waals surface area contributed by atoms with Crippen LogP contribution in [0.3, 0.4) is 0 Å². The van der Waals surface area contributed by atoms with E-state index in [0.29, 0.717) is 18.9 Å². The van der Waals surface area contributed by atoms with Gasteiger partial charge >= 0.3 is 0 Å². The van der Waals surface area contributed by atoms with E-state index in [9.17, 15) is 4.79 Å². The molecule has 0 saturated heterocycles. The van der Waals surface area contributed by atoms with Gasteiger partial charge in [-0.1, -0.05) is 32.0 Å². The molecule has 2 unspecified atom stereocenters. The number of nitrogens with two attached hydrogens (primary N) is 1. The van der Waals surface area contributed by atoms with Gasteiger partial charge in [0.15, 0.2) is 0 Å². The summed E-state index contributed by atoms with van der Waals surface area (Å²) >= 11 is 0. The van der Waals surface area contributed by atoms with Gasteiger partial charge in [0.25, 0.3) is 0 Å². The van der Waals surface area contributed by atoms with Gasteiger partial charge in [0, 0.05) is 0 Å². The van der Waals surface area contributed by atoms with Crippen LogP contribution < -0.4 is 15.8 Å². The molecule has 1 rings (SSSR count). The number of benzene rings is 1. The van der Waals surface area contributed by atoms with Crippen molar-refractivity contribution >= 4 is 5.91 Å². The van der Waals surface area contributed by atoms with E-state index < -0.39 is 6.04 Å². The normalized spacial score (nSPS) is 13.9. The van der Waals surface area contributed by atoms with Crippen LogP contribution in [-0.2, 0) is 4.79 Å². The van der Waals surface area contributed by atoms with Crippen molar-refractivity contribution in [3.63, 3.8) is 0 Å². The molecule has 0 aliphatic rings. The van der Waals surface area contributed by atoms with E-state index in [0.717, 1.165) is 16.9 Å². The van der Waals surface area contributed by atoms with Crippen molar-refractivity contribution in [1.82, 2.24) is 5.32 Å². The number of rotatable bonds is 7. The number of aryl methyl sites for hydroxylation is 2. The third kappa shape index (κ3) is 5.76. The molecule has 0 aliphatic carbocycles. The monoisotopic (exact) mass is 292 g/mol. The number of nitrogens with one attached hydrogen (secondary N) is 1. The van der Waals surface area contributed by atoms with Crippen LogP contribution in [0.25, 0.3) is 0 Å². The van der Waals surface area contributed by atoms with Crippen molar-refractivity contribution in [2.24, 2.45) is 11.7 Å². The van der Waals surface area contributed by atoms with E-state index in [1.165, 1.54) is 0 Å². The quantitative estimate of drug-likeness (QED) is 0.812. The zero-order valence-corrected chi connectivity index (χ0v) is 13.8. The summed E-state index contributed by atoms with van der Waals surface area (Å²) in [6.45, 7) is 10.5. The van der Waals surface area contributed by atoms with Crippen LogP contribution in [0.2, 0.25) is 0 Å². The lowest BCUT2D eigenvalue weighted by atomic mass is 10.0. The fourth-order valence-corrected chi connectivity index (χ4v) is 2.24. The topological polar surface area (TPSA) is 64.3 Å². The number of carbonyl (C=O) groups is 1. The Hall–Kier alpha value is -1.55. The molecule has 21 heavy (non-hydrogen) atoms. The molecule has 4 heteroatoms. The number of ether oxygens (including phenoxy) is 1. The highest BCUT2D eigenvalue weighted by atomic mass is 16.5. The number of para-hydroxylation sites is 1. The zero-order valence-electron chi connectivity index (χ0n) is 13.8. The molecule has 0 saturated carbocycles. The number of hydrogen-bond donors (Lipinski definition) is 2. The van der Waals surface area contributed by atoms with E-state index in [2.05, 4.69) is 19.2 Å². The second kappa shape index (κ2) is 8.03. The van der Waals surface area contributed by atoms with Gasteiger partial charge in [0.05, 0.1) is 12.1 Å². The first-order valence-electron chi connectivity index (χ1n) is 7.56. The minimum Gasteiger partial charge on any atom is -0.491 e. The highest BCUT2D eigenvalue weighted by molar-refractivity contribution is 5.81. The van der Waals surface area contributed by atoms with Crippen LogP contribution in [0, 0.1) is 19.8 Å². The molecule has 0 bridgehead atoms. The van der Waals surface area contributed by atoms with Crippen molar-refractivity contribution in [1.29, 1.82) is 0 Å². The average molecular weight is 292 g/mol. The van der Waals surface area contributed by atoms with E-state index in [-0.39, 0.29) is 11.9 Å². The summed E-state index contributed by atoms with van der Waals surface area (Å²) in [5.74, 6) is 1.19. The molecule has 0 aromatic heterocycles. The molecule has 0 heterocycles. The van der Waals surface area contributed by atoms with Gasteiger partial charge in [0.1, 0.15) is 12.4 Å². The summed E-state index contributed by atoms with van der Waals surface area (Å²) in [7, 11) is 0. The van der Waals surface area contributed by atoms with Crippen molar-refractivity contribution < 1.29 is 9.53 Å². The van der Waals surface area contributed by atoms with Gasteiger partial charge in [0.2, 0.25) is 5.91 Å². The zero-order chi connectivity index (χ0) is 16.0. The molecule has 4 nitrogen and oxygen atoms in total. The Bertz CT molecular complexity index is 452. The fraction of sp³-hybridized carbons (Fsp3) is 0.588. The maximum Gasteiger partial charge on any atom is 0.237 e. The Morgan fingerprint density at radius 1 is 1.24 bits per heavy atom. The Balaban J connectivity index is 2.47. The van der Waals surface area contributed by atoms with Gasteiger partial charge in [-0.15, -0.1) is 0 Å². The molecule has 0 fully saturated rings. The van der Waals surface area contributed by atoms with E-state index in [1.54, 1.807) is 0 Å². The van der Waals surface area contributed by atoms with E-state index in [4.69, 9.17) is 10.5 Å². The fourth-order valence-electron chi connectivity index (χ4n) is 2.24. The second-order valence-corrected chi connectivity index (χ2v) is 6.18. The van der Waals surface area contributed by atoms with Crippen molar-refractivity contribution in [2.75, 3.05) is 6.61 Å². The minimum atomic E-state index is -0.451. The molecule has 0 spiro atoms. The first kappa shape index (κ1) is 17.5. The lowest BCUT2D eigenvalue weighted by molar-refractivity contribution is -0.123. The largest absolute Gasteiger partial charge is 0.491 e. The van der Waals surface area contributed by atoms with Crippen LogP contribution >= 0.6 is 0 Å². The third-order valence-corrected chi connectivity index (χ3v) is 3.34. The highest BCUT2D eigenvalue weighted by Crippen LogP contribution is 2.22. The standard InChI is InChI=1S/C17H28N2O2/c1-11(2)9-15(18)17(20)19-14(5)10-21-16-12(3)7-6-8-13(16)4/h6-8,11,14-15H,9-10,18H2,1-5H3,(H,19,20). The molecule has 118 valence electrons. The average Bonchev–Trinajstić information content (AvgIpc) is 2.37. The molecule has 1 aromatic carbocycles. The highest BCUT2D eigenvalue weighted by Gasteiger charge is 2.17. The van der Waals surface area contributed by atoms with E-state index >= 15 is 0 Å². The molecule has 1 aromatic rings. The van der Waals surface area contributed by atoms with E-state index in [1.807, 2.05) is 39.0 Å². The van der Waals surface area contributed by atoms with Crippen LogP contribution in [0.15, 0.2) is 18.2 Å². The maximum atomic E-state index is 11.9. The SMILES string of the molecule is Cc1cccc(C)c1OCC(C)NC(=O)C(N)CC(C)C. The summed E-state index contributed by atoms with van der Waals surface area (Å²) in [6, 6.07) is 5.52. The number of carbonyl (C=O) groups excluding carboxylic acids is 1. The Morgan fingerprint density at radius 2 is 1.81 bits per heavy atom. The van der Waals surface area contributed by atoms with Gasteiger partial charge in [-0.05, 0) is 44.2 Å². The number of amides is 1. The Labute approximate surface area is 128 Å². The van der Waals surface area contributed by atoms with Gasteiger partial charge in [-0.2, -0.15) is 0 Å². The summed E-state index contributed by atoms with van der Waals surface area (Å²) in [5.41, 5.74) is 8.07. The molecule has 3 N–H and O–H groups in total.